The number of nitrogens with one attached hydrogen (secondary N) is 2. The molecule has 0 spiro atoms. The van der Waals surface area contributed by atoms with Crippen molar-refractivity contribution in [2.24, 2.45) is 5.92 Å². The molecule has 3 amide bonds. The molecule has 7 nitrogen and oxygen atoms in total. The highest BCUT2D eigenvalue weighted by Gasteiger charge is 2.34. The largest absolute Gasteiger partial charge is 0.340 e. The van der Waals surface area contributed by atoms with Crippen molar-refractivity contribution in [2.45, 2.75) is 39.7 Å². The number of carbonyl (C=O) groups is 3. The molecule has 0 saturated heterocycles. The predicted octanol–water partition coefficient (Wildman–Crippen LogP) is 3.75. The minimum atomic E-state index is -0.419. The minimum Gasteiger partial charge on any atom is -0.340 e. The van der Waals surface area contributed by atoms with Gasteiger partial charge in [0.05, 0.1) is 23.8 Å². The third kappa shape index (κ3) is 5.79. The van der Waals surface area contributed by atoms with E-state index in [0.717, 1.165) is 11.1 Å². The molecule has 33 heavy (non-hydrogen) atoms. The van der Waals surface area contributed by atoms with Crippen LogP contribution in [0.15, 0.2) is 42.5 Å². The molecule has 1 atom stereocenters. The Hall–Kier alpha value is -3.19. The molecule has 1 aliphatic rings. The van der Waals surface area contributed by atoms with Crippen LogP contribution >= 0.6 is 0 Å². The van der Waals surface area contributed by atoms with Crippen molar-refractivity contribution in [3.05, 3.63) is 59.2 Å². The van der Waals surface area contributed by atoms with E-state index in [1.54, 1.807) is 35.0 Å². The summed E-state index contributed by atoms with van der Waals surface area (Å²) in [6.45, 7) is 7.26. The van der Waals surface area contributed by atoms with Crippen molar-refractivity contribution < 1.29 is 14.4 Å². The van der Waals surface area contributed by atoms with Crippen LogP contribution in [-0.4, -0.2) is 49.8 Å². The highest BCUT2D eigenvalue weighted by molar-refractivity contribution is 6.06. The first-order valence-corrected chi connectivity index (χ1v) is 11.4. The summed E-state index contributed by atoms with van der Waals surface area (Å²) in [5.41, 5.74) is 3.60. The molecular weight excluding hydrogens is 416 g/mol. The van der Waals surface area contributed by atoms with Gasteiger partial charge in [0, 0.05) is 32.1 Å². The number of aryl methyl sites for hydroxylation is 1. The van der Waals surface area contributed by atoms with Crippen LogP contribution in [0.4, 0.5) is 11.4 Å². The number of rotatable bonds is 7. The summed E-state index contributed by atoms with van der Waals surface area (Å²) in [7, 11) is 3.58. The van der Waals surface area contributed by atoms with E-state index in [9.17, 15) is 14.4 Å². The first-order chi connectivity index (χ1) is 15.7. The zero-order valence-electron chi connectivity index (χ0n) is 20.1. The van der Waals surface area contributed by atoms with E-state index in [1.165, 1.54) is 0 Å². The Morgan fingerprint density at radius 2 is 1.88 bits per heavy atom. The number of likely N-dealkylation sites (N-methyl/N-ethyl adjacent to an activating group) is 2. The Bertz CT molecular complexity index is 1020. The van der Waals surface area contributed by atoms with Crippen molar-refractivity contribution in [2.75, 3.05) is 37.4 Å². The van der Waals surface area contributed by atoms with Crippen molar-refractivity contribution in [3.63, 3.8) is 0 Å². The third-order valence-electron chi connectivity index (χ3n) is 5.83. The molecule has 3 rings (SSSR count). The lowest BCUT2D eigenvalue weighted by molar-refractivity contribution is -0.120. The van der Waals surface area contributed by atoms with Crippen LogP contribution in [0.5, 0.6) is 0 Å². The molecule has 176 valence electrons. The van der Waals surface area contributed by atoms with Gasteiger partial charge in [0.2, 0.25) is 11.8 Å². The smallest absolute Gasteiger partial charge is 0.253 e. The monoisotopic (exact) mass is 450 g/mol. The molecular formula is C26H34N4O3. The zero-order valence-corrected chi connectivity index (χ0v) is 20.1. The maximum Gasteiger partial charge on any atom is 0.253 e. The number of carbonyl (C=O) groups excluding carboxylic acids is 3. The van der Waals surface area contributed by atoms with E-state index >= 15 is 0 Å². The standard InChI is InChI=1S/C26H34N4O3/c1-17(2)14-25(32)30-22-11-10-20(26(33)29(5)13-12-27-4)15-21(22)28-24(31)16-23(30)19-8-6-18(3)7-9-19/h6-11,15,17,23,27H,12-14,16H2,1-5H3,(H,28,31). The van der Waals surface area contributed by atoms with E-state index < -0.39 is 6.04 Å². The highest BCUT2D eigenvalue weighted by atomic mass is 16.2. The van der Waals surface area contributed by atoms with Gasteiger partial charge in [0.15, 0.2) is 0 Å². The fourth-order valence-corrected chi connectivity index (χ4v) is 4.03. The van der Waals surface area contributed by atoms with Crippen molar-refractivity contribution >= 4 is 29.1 Å². The molecule has 1 heterocycles. The summed E-state index contributed by atoms with van der Waals surface area (Å²) in [5.74, 6) is -0.191. The lowest BCUT2D eigenvalue weighted by atomic mass is 9.98. The lowest BCUT2D eigenvalue weighted by Gasteiger charge is -2.31. The number of amides is 3. The summed E-state index contributed by atoms with van der Waals surface area (Å²) in [4.78, 5) is 42.6. The molecule has 1 unspecified atom stereocenters. The van der Waals surface area contributed by atoms with E-state index in [1.807, 2.05) is 52.1 Å². The van der Waals surface area contributed by atoms with Crippen LogP contribution in [0.25, 0.3) is 0 Å². The molecule has 0 saturated carbocycles. The SMILES string of the molecule is CNCCN(C)C(=O)c1ccc2c(c1)NC(=O)CC(c1ccc(C)cc1)N2C(=O)CC(C)C. The summed E-state index contributed by atoms with van der Waals surface area (Å²) in [6, 6.07) is 12.7. The van der Waals surface area contributed by atoms with Gasteiger partial charge in [0.25, 0.3) is 5.91 Å². The molecule has 7 heteroatoms. The van der Waals surface area contributed by atoms with Crippen molar-refractivity contribution in [1.82, 2.24) is 10.2 Å². The quantitative estimate of drug-likeness (QED) is 0.673. The Kier molecular flexibility index (Phi) is 7.87. The Morgan fingerprint density at radius 3 is 2.52 bits per heavy atom. The predicted molar refractivity (Wildman–Crippen MR) is 131 cm³/mol. The Morgan fingerprint density at radius 1 is 1.18 bits per heavy atom. The van der Waals surface area contributed by atoms with Crippen molar-refractivity contribution in [1.29, 1.82) is 0 Å². The van der Waals surface area contributed by atoms with Gasteiger partial charge in [-0.25, -0.2) is 0 Å². The number of benzene rings is 2. The third-order valence-corrected chi connectivity index (χ3v) is 5.83. The van der Waals surface area contributed by atoms with Gasteiger partial charge in [-0.1, -0.05) is 43.7 Å². The average molecular weight is 451 g/mol. The second-order valence-corrected chi connectivity index (χ2v) is 9.10. The van der Waals surface area contributed by atoms with Gasteiger partial charge in [0.1, 0.15) is 0 Å². The Balaban J connectivity index is 2.05. The van der Waals surface area contributed by atoms with E-state index in [4.69, 9.17) is 0 Å². The van der Waals surface area contributed by atoms with Gasteiger partial charge < -0.3 is 20.4 Å². The maximum absolute atomic E-state index is 13.4. The Labute approximate surface area is 196 Å². The lowest BCUT2D eigenvalue weighted by Crippen LogP contribution is -2.36. The van der Waals surface area contributed by atoms with Crippen LogP contribution < -0.4 is 15.5 Å². The van der Waals surface area contributed by atoms with Crippen LogP contribution in [0, 0.1) is 12.8 Å². The van der Waals surface area contributed by atoms with E-state index in [-0.39, 0.29) is 30.1 Å². The summed E-state index contributed by atoms with van der Waals surface area (Å²) >= 11 is 0. The second-order valence-electron chi connectivity index (χ2n) is 9.10. The van der Waals surface area contributed by atoms with Crippen LogP contribution in [0.3, 0.4) is 0 Å². The van der Waals surface area contributed by atoms with Crippen LogP contribution in [-0.2, 0) is 9.59 Å². The van der Waals surface area contributed by atoms with E-state index in [0.29, 0.717) is 36.4 Å². The normalized spacial score (nSPS) is 15.6. The molecule has 1 aliphatic heterocycles. The zero-order chi connectivity index (χ0) is 24.1. The second kappa shape index (κ2) is 10.6. The molecule has 0 aliphatic carbocycles. The summed E-state index contributed by atoms with van der Waals surface area (Å²) in [5, 5.41) is 5.96. The summed E-state index contributed by atoms with van der Waals surface area (Å²) < 4.78 is 0. The number of hydrogen-bond donors (Lipinski definition) is 2. The van der Waals surface area contributed by atoms with Gasteiger partial charge in [-0.15, -0.1) is 0 Å². The molecule has 0 bridgehead atoms. The molecule has 2 aromatic rings. The first-order valence-electron chi connectivity index (χ1n) is 11.4. The van der Waals surface area contributed by atoms with Crippen LogP contribution in [0.2, 0.25) is 0 Å². The molecule has 0 radical (unpaired) electrons. The first kappa shape index (κ1) is 24.5. The van der Waals surface area contributed by atoms with Gasteiger partial charge in [-0.2, -0.15) is 0 Å². The number of fused-ring (bicyclic) bond motifs is 1. The number of anilines is 2. The van der Waals surface area contributed by atoms with Gasteiger partial charge >= 0.3 is 0 Å². The fourth-order valence-electron chi connectivity index (χ4n) is 4.03. The van der Waals surface area contributed by atoms with Crippen LogP contribution in [0.1, 0.15) is 54.2 Å². The highest BCUT2D eigenvalue weighted by Crippen LogP contribution is 2.39. The minimum absolute atomic E-state index is 0.0430. The van der Waals surface area contributed by atoms with Crippen molar-refractivity contribution in [3.8, 4) is 0 Å². The van der Waals surface area contributed by atoms with Gasteiger partial charge in [-0.05, 0) is 43.7 Å². The maximum atomic E-state index is 13.4. The fraction of sp³-hybridized carbons (Fsp3) is 0.423. The number of hydrogen-bond acceptors (Lipinski definition) is 4. The topological polar surface area (TPSA) is 81.8 Å². The van der Waals surface area contributed by atoms with Gasteiger partial charge in [-0.3, -0.25) is 14.4 Å². The molecule has 0 aromatic heterocycles. The van der Waals surface area contributed by atoms with E-state index in [2.05, 4.69) is 10.6 Å². The summed E-state index contributed by atoms with van der Waals surface area (Å²) in [6.07, 6.45) is 0.510. The molecule has 2 aromatic carbocycles. The molecule has 2 N–H and O–H groups in total. The average Bonchev–Trinajstić information content (AvgIpc) is 2.92. The number of nitrogens with zero attached hydrogens (tertiary/aromatic N) is 2. The molecule has 0 fully saturated rings.